The molecule has 2 atom stereocenters. The number of nitrogens with one attached hydrogen (secondary N) is 5. The van der Waals surface area contributed by atoms with Crippen LogP contribution in [-0.2, 0) is 73.6 Å². The van der Waals surface area contributed by atoms with E-state index in [4.69, 9.17) is 28.0 Å². The fourth-order valence-corrected chi connectivity index (χ4v) is 7.37. The van der Waals surface area contributed by atoms with Crippen molar-refractivity contribution in [3.8, 4) is 0 Å². The number of carboxylic acids is 2. The Bertz CT molecular complexity index is 1260. The molecule has 0 saturated carbocycles. The number of rotatable bonds is 46. The van der Waals surface area contributed by atoms with Crippen molar-refractivity contribution in [3.05, 3.63) is 6.15 Å². The second-order valence-electron chi connectivity index (χ2n) is 14.8. The van der Waals surface area contributed by atoms with E-state index in [0.29, 0.717) is 25.8 Å². The van der Waals surface area contributed by atoms with Crippen LogP contribution in [0.3, 0.4) is 0 Å². The zero-order valence-corrected chi connectivity index (χ0v) is 48.2. The number of ether oxygens (including phenoxy) is 4. The number of carbonyl (C=O) groups excluding carboxylic acids is 5. The van der Waals surface area contributed by atoms with Gasteiger partial charge in [0.2, 0.25) is 17.7 Å². The average Bonchev–Trinajstić information content (AvgIpc) is 3.31. The maximum absolute atomic E-state index is 12.3. The largest absolute Gasteiger partial charge is 0.693 e. The fraction of sp³-hybridized carbons (Fsp3) is 0.837. The van der Waals surface area contributed by atoms with Crippen molar-refractivity contribution in [1.82, 2.24) is 26.0 Å². The van der Waals surface area contributed by atoms with Gasteiger partial charge in [0.15, 0.2) is 0 Å². The van der Waals surface area contributed by atoms with Crippen molar-refractivity contribution in [2.75, 3.05) is 72.5 Å². The Labute approximate surface area is 448 Å². The van der Waals surface area contributed by atoms with Crippen LogP contribution in [0.2, 0.25) is 0 Å². The molecule has 4 amide bonds. The smallest absolute Gasteiger partial charge is 0 e. The predicted octanol–water partition coefficient (Wildman–Crippen LogP) is 2.29. The number of hydrogen-bond donors (Lipinski definition) is 11. The Morgan fingerprint density at radius 1 is 0.529 bits per heavy atom. The standard InChI is InChI=1S/C41H76IN6O13S.C2H6.H2N.H2S2.W.H2/c43-42-40(55)33(48-62)17-15-16-22-44-37(51)31-60-29-28-59-26-24-46-38(52)32-61-30-27-58-25-23-45-35(49)21-20-34(41(56)57)47-36(50)18-13-11-9-7-5-3-1-2-4-6-8-10-12-14-19-39(53)54;1-2;;1-2;;/h33-34,48,62H,1-32,43H2,(H,44,51)(H,45,49)(H,46,52)(H,47,50)(H,53,54)(H,56,57);1-2H3;1H2;1-2H;;1H/q-1;;-1;;;/t33-,34-;;;;;/m0...../s1. The normalized spacial score (nSPS) is 11.2. The average molecular weight is 1320 g/mol. The minimum absolute atomic E-state index is 0. The van der Waals surface area contributed by atoms with E-state index in [1.54, 1.807) is 0 Å². The van der Waals surface area contributed by atoms with Gasteiger partial charge in [-0.2, -0.15) is 0 Å². The molecular weight excluding hydrogens is 1230 g/mol. The molecule has 0 aliphatic carbocycles. The van der Waals surface area contributed by atoms with Gasteiger partial charge in [-0.1, -0.05) is 90.9 Å². The molecule has 0 unspecified atom stereocenters. The monoisotopic (exact) mass is 1320 g/mol. The van der Waals surface area contributed by atoms with Crippen molar-refractivity contribution < 1.29 is 107 Å². The quantitative estimate of drug-likeness (QED) is 0.0104. The number of aliphatic carboxylic acids is 2. The number of thiol groups is 3. The molecule has 0 radical (unpaired) electrons. The molecule has 25 heteroatoms. The first kappa shape index (κ1) is 75.6. The molecule has 0 bridgehead atoms. The van der Waals surface area contributed by atoms with E-state index in [1.165, 1.54) is 44.9 Å². The Hall–Kier alpha value is -1.32. The number of carbonyl (C=O) groups is 7. The van der Waals surface area contributed by atoms with Crippen LogP contribution in [-0.4, -0.2) is 134 Å². The Morgan fingerprint density at radius 3 is 1.37 bits per heavy atom. The zero-order chi connectivity index (χ0) is 49.9. The van der Waals surface area contributed by atoms with Crippen LogP contribution in [0.1, 0.15) is 150 Å². The number of nitrogens with two attached hydrogens (primary N) is 2. The van der Waals surface area contributed by atoms with Crippen LogP contribution in [0, 0.1) is 0 Å². The molecule has 0 spiro atoms. The Kier molecular flexibility index (Phi) is 66.7. The summed E-state index contributed by atoms with van der Waals surface area (Å²) in [6.07, 6.45) is 17.5. The summed E-state index contributed by atoms with van der Waals surface area (Å²) in [5, 5.41) is 28.8. The van der Waals surface area contributed by atoms with Gasteiger partial charge in [-0.25, -0.2) is 4.79 Å². The van der Waals surface area contributed by atoms with Gasteiger partial charge in [0.05, 0.1) is 26.4 Å². The van der Waals surface area contributed by atoms with Crippen LogP contribution in [0.4, 0.5) is 0 Å². The number of hydrogen-bond acceptors (Lipinski definition) is 16. The van der Waals surface area contributed by atoms with Crippen molar-refractivity contribution in [2.24, 2.45) is 3.95 Å². The summed E-state index contributed by atoms with van der Waals surface area (Å²) in [5.41, 5.74) is 0. The first-order valence-electron chi connectivity index (χ1n) is 23.3. The molecule has 0 aliphatic heterocycles. The molecular formula is C43H88IN7O13S3W-2. The molecule has 0 saturated heterocycles. The van der Waals surface area contributed by atoms with Crippen LogP contribution in [0.5, 0.6) is 0 Å². The van der Waals surface area contributed by atoms with Gasteiger partial charge in [0, 0.05) is 54.8 Å². The summed E-state index contributed by atoms with van der Waals surface area (Å²) in [5.74, 6) is -3.16. The Balaban J connectivity index is -0.00000138. The molecule has 406 valence electrons. The number of halogens is 1. The molecule has 0 aromatic carbocycles. The van der Waals surface area contributed by atoms with E-state index < -0.39 is 39.5 Å². The van der Waals surface area contributed by atoms with Gasteiger partial charge in [-0.3, -0.25) is 19.2 Å². The summed E-state index contributed by atoms with van der Waals surface area (Å²) in [6.45, 7) is 5.96. The summed E-state index contributed by atoms with van der Waals surface area (Å²) in [6, 6.07) is -1.49. The molecule has 20 nitrogen and oxygen atoms in total. The van der Waals surface area contributed by atoms with E-state index in [2.05, 4.69) is 62.1 Å². The molecule has 11 N–H and O–H groups in total. The van der Waals surface area contributed by atoms with Crippen LogP contribution in [0.15, 0.2) is 0 Å². The first-order valence-corrected chi connectivity index (χ1v) is 27.7. The summed E-state index contributed by atoms with van der Waals surface area (Å²) in [4.78, 5) is 82.1. The van der Waals surface area contributed by atoms with Gasteiger partial charge in [0.25, 0.3) is 0 Å². The topological polar surface area (TPSA) is 317 Å². The number of unbranched alkanes of at least 4 members (excludes halogenated alkanes) is 14. The van der Waals surface area contributed by atoms with Crippen LogP contribution >= 0.6 is 36.1 Å². The number of amides is 4. The zero-order valence-electron chi connectivity index (χ0n) is 40.4. The maximum Gasteiger partial charge on any atom is 0 e. The van der Waals surface area contributed by atoms with E-state index in [9.17, 15) is 38.7 Å². The van der Waals surface area contributed by atoms with E-state index in [0.717, 1.165) is 44.9 Å². The summed E-state index contributed by atoms with van der Waals surface area (Å²) >= 11 is 9.42. The molecule has 0 aliphatic rings. The minimum Gasteiger partial charge on any atom is -0.693 e. The maximum atomic E-state index is 12.3. The second kappa shape index (κ2) is 60.0. The molecule has 0 fully saturated rings. The molecule has 68 heavy (non-hydrogen) atoms. The van der Waals surface area contributed by atoms with Crippen LogP contribution < -0.4 is 51.4 Å². The molecule has 0 heterocycles. The third-order valence-corrected chi connectivity index (χ3v) is 11.1. The van der Waals surface area contributed by atoms with Gasteiger partial charge in [-0.05, 0) is 19.3 Å². The van der Waals surface area contributed by atoms with E-state index in [-0.39, 0.29) is 154 Å². The van der Waals surface area contributed by atoms with Crippen molar-refractivity contribution in [3.63, 3.8) is 0 Å². The summed E-state index contributed by atoms with van der Waals surface area (Å²) < 4.78 is 29.5. The van der Waals surface area contributed by atoms with Gasteiger partial charge in [0.1, 0.15) is 12.6 Å². The van der Waals surface area contributed by atoms with E-state index >= 15 is 0 Å². The third-order valence-electron chi connectivity index (χ3n) is 9.46. The molecule has 0 rings (SSSR count). The van der Waals surface area contributed by atoms with Crippen LogP contribution in [0.25, 0.3) is 6.15 Å². The molecule has 0 aromatic heterocycles. The first-order chi connectivity index (χ1) is 32.0. The van der Waals surface area contributed by atoms with Crippen molar-refractivity contribution in [1.29, 1.82) is 0 Å². The third kappa shape index (κ3) is 55.6. The Morgan fingerprint density at radius 2 is 0.941 bits per heavy atom. The summed E-state index contributed by atoms with van der Waals surface area (Å²) in [7, 11) is 0. The molecule has 0 aromatic rings. The minimum atomic E-state index is -1.19. The second-order valence-corrected chi connectivity index (χ2v) is 16.8. The van der Waals surface area contributed by atoms with Gasteiger partial charge >= 0.3 is 136 Å². The number of carboxylic acid groups (broad SMARTS) is 2. The van der Waals surface area contributed by atoms with Crippen molar-refractivity contribution in [2.45, 2.75) is 161 Å². The van der Waals surface area contributed by atoms with Gasteiger partial charge in [-0.15, -0.1) is 23.3 Å². The predicted molar refractivity (Wildman–Crippen MR) is 268 cm³/mol. The fourth-order valence-electron chi connectivity index (χ4n) is 5.97. The van der Waals surface area contributed by atoms with E-state index in [1.807, 2.05) is 13.8 Å². The SMILES string of the molecule is CC.N[I-]C(=O)[C@H](CCCCNC(=O)COCCOCCNC(=O)COCCOCCNC(=O)CC[C@H](NC(=O)CCCCCCCCCCCCCCCCC(=O)O)C(=O)O)NS.SS.[HH].[NH2-].[W]. The van der Waals surface area contributed by atoms with Crippen molar-refractivity contribution >= 4 is 75.5 Å². The van der Waals surface area contributed by atoms with Gasteiger partial charge < -0.3 is 46.5 Å².